The van der Waals surface area contributed by atoms with Crippen LogP contribution < -0.4 is 0 Å². The van der Waals surface area contributed by atoms with Crippen LogP contribution >= 0.6 is 0 Å². The van der Waals surface area contributed by atoms with Crippen LogP contribution in [-0.4, -0.2) is 6.01 Å². The molecule has 10 heavy (non-hydrogen) atoms. The standard InChI is InChI=1S/C7H10N2O/c1-6(2)3-7-4-10-9-5-8-7/h4,6H,3H2,1-2H3. The first-order chi connectivity index (χ1) is 4.79. The van der Waals surface area contributed by atoms with Gasteiger partial charge in [-0.05, 0) is 17.5 Å². The number of aliphatic imine (C=N–C) groups is 1. The lowest BCUT2D eigenvalue weighted by molar-refractivity contribution is 0.261. The van der Waals surface area contributed by atoms with Gasteiger partial charge in [-0.3, -0.25) is 0 Å². The second-order valence-corrected chi connectivity index (χ2v) is 2.62. The highest BCUT2D eigenvalue weighted by Gasteiger charge is 2.01. The first kappa shape index (κ1) is 7.03. The lowest BCUT2D eigenvalue weighted by Crippen LogP contribution is -1.91. The second-order valence-electron chi connectivity index (χ2n) is 2.62. The summed E-state index contributed by atoms with van der Waals surface area (Å²) >= 11 is 0. The van der Waals surface area contributed by atoms with Gasteiger partial charge in [0.15, 0.2) is 0 Å². The molecule has 0 aromatic rings. The van der Waals surface area contributed by atoms with Gasteiger partial charge in [0.1, 0.15) is 12.3 Å². The van der Waals surface area contributed by atoms with Gasteiger partial charge < -0.3 is 4.84 Å². The van der Waals surface area contributed by atoms with Crippen LogP contribution in [0.5, 0.6) is 0 Å². The highest BCUT2D eigenvalue weighted by atomic mass is 16.6. The molecule has 0 atom stereocenters. The third-order valence-electron chi connectivity index (χ3n) is 1.09. The summed E-state index contributed by atoms with van der Waals surface area (Å²) in [7, 11) is 0. The fourth-order valence-corrected chi connectivity index (χ4v) is 0.734. The molecule has 3 heteroatoms. The van der Waals surface area contributed by atoms with Crippen molar-refractivity contribution in [3.8, 4) is 0 Å². The Labute approximate surface area is 60.1 Å². The number of rotatable bonds is 2. The zero-order valence-electron chi connectivity index (χ0n) is 6.16. The Morgan fingerprint density at radius 3 is 3.00 bits per heavy atom. The molecule has 0 radical (unpaired) electrons. The molecule has 0 bridgehead atoms. The smallest absolute Gasteiger partial charge is 0.145 e. The van der Waals surface area contributed by atoms with E-state index in [1.807, 2.05) is 0 Å². The van der Waals surface area contributed by atoms with E-state index in [9.17, 15) is 0 Å². The van der Waals surface area contributed by atoms with Crippen molar-refractivity contribution in [2.24, 2.45) is 16.1 Å². The van der Waals surface area contributed by atoms with E-state index in [2.05, 4.69) is 34.8 Å². The number of allylic oxidation sites excluding steroid dienone is 1. The van der Waals surface area contributed by atoms with Gasteiger partial charge in [-0.15, -0.1) is 0 Å². The minimum absolute atomic E-state index is 0.596. The largest absolute Gasteiger partial charge is 0.353 e. The second kappa shape index (κ2) is 3.18. The van der Waals surface area contributed by atoms with Gasteiger partial charge >= 0.3 is 0 Å². The van der Waals surface area contributed by atoms with Gasteiger partial charge in [0.2, 0.25) is 0 Å². The van der Waals surface area contributed by atoms with Gasteiger partial charge in [0.05, 0.1) is 5.70 Å². The zero-order valence-corrected chi connectivity index (χ0v) is 6.16. The van der Waals surface area contributed by atoms with E-state index >= 15 is 0 Å². The van der Waals surface area contributed by atoms with Crippen molar-refractivity contribution in [2.45, 2.75) is 20.3 Å². The van der Waals surface area contributed by atoms with Crippen molar-refractivity contribution in [1.82, 2.24) is 0 Å². The summed E-state index contributed by atoms with van der Waals surface area (Å²) in [6.45, 7) is 4.25. The Morgan fingerprint density at radius 1 is 1.70 bits per heavy atom. The van der Waals surface area contributed by atoms with Crippen LogP contribution in [-0.2, 0) is 4.84 Å². The summed E-state index contributed by atoms with van der Waals surface area (Å²) in [4.78, 5) is 8.53. The molecule has 1 heterocycles. The SMILES string of the molecule is CC(C)CC1=CON=C=N1. The molecular weight excluding hydrogens is 128 g/mol. The molecule has 0 aliphatic carbocycles. The van der Waals surface area contributed by atoms with Crippen molar-refractivity contribution in [2.75, 3.05) is 0 Å². The molecule has 1 aliphatic heterocycles. The quantitative estimate of drug-likeness (QED) is 0.574. The van der Waals surface area contributed by atoms with Gasteiger partial charge in [-0.2, -0.15) is 4.99 Å². The van der Waals surface area contributed by atoms with Gasteiger partial charge in [-0.1, -0.05) is 13.8 Å². The first-order valence-electron chi connectivity index (χ1n) is 3.29. The Morgan fingerprint density at radius 2 is 2.50 bits per heavy atom. The molecule has 1 aliphatic rings. The minimum Gasteiger partial charge on any atom is -0.353 e. The van der Waals surface area contributed by atoms with Crippen molar-refractivity contribution in [3.63, 3.8) is 0 Å². The van der Waals surface area contributed by atoms with Crippen LogP contribution in [0.15, 0.2) is 22.1 Å². The van der Waals surface area contributed by atoms with Gasteiger partial charge in [0.25, 0.3) is 0 Å². The Bertz CT molecular complexity index is 200. The molecule has 3 nitrogen and oxygen atoms in total. The van der Waals surface area contributed by atoms with Crippen LogP contribution in [0.3, 0.4) is 0 Å². The highest BCUT2D eigenvalue weighted by Crippen LogP contribution is 2.12. The summed E-state index contributed by atoms with van der Waals surface area (Å²) in [5, 5.41) is 3.34. The monoisotopic (exact) mass is 138 g/mol. The van der Waals surface area contributed by atoms with E-state index < -0.39 is 0 Å². The van der Waals surface area contributed by atoms with Crippen LogP contribution in [0.4, 0.5) is 0 Å². The maximum absolute atomic E-state index is 4.64. The lowest BCUT2D eigenvalue weighted by atomic mass is 10.1. The van der Waals surface area contributed by atoms with Gasteiger partial charge in [-0.25, -0.2) is 0 Å². The summed E-state index contributed by atoms with van der Waals surface area (Å²) in [6, 6.07) is 2.40. The first-order valence-corrected chi connectivity index (χ1v) is 3.29. The molecule has 0 saturated heterocycles. The topological polar surface area (TPSA) is 34.0 Å². The summed E-state index contributed by atoms with van der Waals surface area (Å²) in [6.07, 6.45) is 2.47. The maximum Gasteiger partial charge on any atom is 0.145 e. The highest BCUT2D eigenvalue weighted by molar-refractivity contribution is 5.43. The predicted molar refractivity (Wildman–Crippen MR) is 38.5 cm³/mol. The van der Waals surface area contributed by atoms with Crippen LogP contribution in [0.1, 0.15) is 20.3 Å². The predicted octanol–water partition coefficient (Wildman–Crippen LogP) is 1.99. The van der Waals surface area contributed by atoms with E-state index in [1.165, 1.54) is 0 Å². The van der Waals surface area contributed by atoms with E-state index in [-0.39, 0.29) is 0 Å². The van der Waals surface area contributed by atoms with Crippen molar-refractivity contribution < 1.29 is 4.84 Å². The fraction of sp³-hybridized carbons (Fsp3) is 0.571. The molecule has 1 rings (SSSR count). The fourth-order valence-electron chi connectivity index (χ4n) is 0.734. The Kier molecular flexibility index (Phi) is 2.24. The molecule has 0 spiro atoms. The normalized spacial score (nSPS) is 15.3. The van der Waals surface area contributed by atoms with E-state index in [0.29, 0.717) is 5.92 Å². The summed E-state index contributed by atoms with van der Waals surface area (Å²) in [5.41, 5.74) is 0.907. The molecule has 0 saturated carbocycles. The molecule has 0 aromatic heterocycles. The zero-order chi connectivity index (χ0) is 7.40. The van der Waals surface area contributed by atoms with Crippen LogP contribution in [0, 0.1) is 5.92 Å². The third kappa shape index (κ3) is 2.03. The molecule has 0 amide bonds. The van der Waals surface area contributed by atoms with Crippen molar-refractivity contribution in [1.29, 1.82) is 0 Å². The van der Waals surface area contributed by atoms with E-state index in [1.54, 1.807) is 6.26 Å². The number of hydrogen-bond donors (Lipinski definition) is 0. The average molecular weight is 138 g/mol. The lowest BCUT2D eigenvalue weighted by Gasteiger charge is -2.03. The number of hydrogen-bond acceptors (Lipinski definition) is 3. The molecule has 0 N–H and O–H groups in total. The Hall–Kier alpha value is -1.08. The Balaban J connectivity index is 2.50. The van der Waals surface area contributed by atoms with Crippen molar-refractivity contribution in [3.05, 3.63) is 12.0 Å². The molecule has 0 unspecified atom stereocenters. The summed E-state index contributed by atoms with van der Waals surface area (Å²) < 4.78 is 0. The molecular formula is C7H10N2O. The van der Waals surface area contributed by atoms with Crippen LogP contribution in [0.2, 0.25) is 0 Å². The maximum atomic E-state index is 4.64. The number of nitrogens with zero attached hydrogens (tertiary/aromatic N) is 2. The molecule has 54 valence electrons. The van der Waals surface area contributed by atoms with Crippen LogP contribution in [0.25, 0.3) is 0 Å². The third-order valence-corrected chi connectivity index (χ3v) is 1.09. The van der Waals surface area contributed by atoms with Gasteiger partial charge in [0, 0.05) is 0 Å². The molecule has 0 fully saturated rings. The van der Waals surface area contributed by atoms with E-state index in [0.717, 1.165) is 12.1 Å². The molecule has 0 aromatic carbocycles. The van der Waals surface area contributed by atoms with Crippen molar-refractivity contribution >= 4 is 6.01 Å². The average Bonchev–Trinajstić information content (AvgIpc) is 1.88. The summed E-state index contributed by atoms with van der Waals surface area (Å²) in [5.74, 6) is 0.596. The minimum atomic E-state index is 0.596. The van der Waals surface area contributed by atoms with E-state index in [4.69, 9.17) is 0 Å².